The van der Waals surface area contributed by atoms with Crippen molar-refractivity contribution in [2.45, 2.75) is 39.3 Å². The molecule has 5 nitrogen and oxygen atoms in total. The smallest absolute Gasteiger partial charge is 0.314 e. The molecule has 1 rings (SSSR count). The van der Waals surface area contributed by atoms with Crippen LogP contribution in [0.3, 0.4) is 0 Å². The first-order chi connectivity index (χ1) is 11.0. The lowest BCUT2D eigenvalue weighted by atomic mass is 10.0. The summed E-state index contributed by atoms with van der Waals surface area (Å²) in [7, 11) is 1.62. The fourth-order valence-electron chi connectivity index (χ4n) is 2.52. The second-order valence-electron chi connectivity index (χ2n) is 6.26. The van der Waals surface area contributed by atoms with Crippen molar-refractivity contribution in [1.29, 1.82) is 0 Å². The maximum absolute atomic E-state index is 11.8. The number of hydrogen-bond acceptors (Lipinski definition) is 3. The molecule has 0 saturated carbocycles. The van der Waals surface area contributed by atoms with Crippen LogP contribution >= 0.6 is 0 Å². The number of nitrogens with one attached hydrogen (secondary N) is 3. The van der Waals surface area contributed by atoms with E-state index in [2.05, 4.69) is 48.9 Å². The lowest BCUT2D eigenvalue weighted by Gasteiger charge is -2.25. The summed E-state index contributed by atoms with van der Waals surface area (Å²) in [5.74, 6) is 0.564. The van der Waals surface area contributed by atoms with E-state index in [1.165, 1.54) is 5.56 Å². The molecule has 0 spiro atoms. The Balaban J connectivity index is 2.47. The van der Waals surface area contributed by atoms with Gasteiger partial charge in [-0.25, -0.2) is 4.79 Å². The van der Waals surface area contributed by atoms with E-state index in [-0.39, 0.29) is 18.1 Å². The summed E-state index contributed by atoms with van der Waals surface area (Å²) in [5, 5.41) is 9.33. The molecule has 0 aromatic heterocycles. The van der Waals surface area contributed by atoms with Gasteiger partial charge in [0, 0.05) is 32.3 Å². The number of amides is 2. The van der Waals surface area contributed by atoms with E-state index in [1.807, 2.05) is 18.2 Å². The number of ether oxygens (including phenoxy) is 1. The molecule has 0 saturated heterocycles. The van der Waals surface area contributed by atoms with Crippen LogP contribution in [0.1, 0.15) is 38.8 Å². The zero-order valence-corrected chi connectivity index (χ0v) is 14.8. The fraction of sp³-hybridized carbons (Fsp3) is 0.611. The highest BCUT2D eigenvalue weighted by molar-refractivity contribution is 5.73. The van der Waals surface area contributed by atoms with E-state index < -0.39 is 0 Å². The molecule has 0 aliphatic carbocycles. The van der Waals surface area contributed by atoms with Gasteiger partial charge in [-0.15, -0.1) is 0 Å². The Morgan fingerprint density at radius 3 is 2.43 bits per heavy atom. The van der Waals surface area contributed by atoms with Crippen LogP contribution in [-0.2, 0) is 4.74 Å². The molecule has 0 fully saturated rings. The maximum atomic E-state index is 11.8. The molecule has 2 atom stereocenters. The first kappa shape index (κ1) is 19.5. The molecule has 0 bridgehead atoms. The highest BCUT2D eigenvalue weighted by Crippen LogP contribution is 2.14. The molecule has 2 unspecified atom stereocenters. The van der Waals surface area contributed by atoms with Gasteiger partial charge in [-0.1, -0.05) is 44.2 Å². The van der Waals surface area contributed by atoms with Crippen LogP contribution in [0.5, 0.6) is 0 Å². The highest BCUT2D eigenvalue weighted by atomic mass is 16.5. The predicted molar refractivity (Wildman–Crippen MR) is 94.5 cm³/mol. The minimum Gasteiger partial charge on any atom is -0.383 e. The van der Waals surface area contributed by atoms with Gasteiger partial charge in [0.2, 0.25) is 0 Å². The molecule has 130 valence electrons. The summed E-state index contributed by atoms with van der Waals surface area (Å²) < 4.78 is 4.92. The zero-order valence-electron chi connectivity index (χ0n) is 14.8. The lowest BCUT2D eigenvalue weighted by molar-refractivity contribution is 0.195. The molecule has 1 aromatic rings. The van der Waals surface area contributed by atoms with Crippen molar-refractivity contribution < 1.29 is 9.53 Å². The second kappa shape index (κ2) is 11.0. The van der Waals surface area contributed by atoms with Crippen molar-refractivity contribution >= 4 is 6.03 Å². The van der Waals surface area contributed by atoms with Crippen molar-refractivity contribution in [3.8, 4) is 0 Å². The van der Waals surface area contributed by atoms with Crippen LogP contribution < -0.4 is 16.0 Å². The average molecular weight is 321 g/mol. The monoisotopic (exact) mass is 321 g/mol. The summed E-state index contributed by atoms with van der Waals surface area (Å²) in [5.41, 5.74) is 1.26. The number of methoxy groups -OCH3 is 1. The van der Waals surface area contributed by atoms with Crippen LogP contribution in [0.15, 0.2) is 30.3 Å². The molecule has 2 amide bonds. The third-order valence-corrected chi connectivity index (χ3v) is 3.64. The standard InChI is InChI=1S/C18H31N3O2/c1-14(2)12-17(13-20-18(22)19-10-11-23-4)21-15(3)16-8-6-5-7-9-16/h5-9,14-15,17,21H,10-13H2,1-4H3,(H2,19,20,22). The van der Waals surface area contributed by atoms with Gasteiger partial charge in [0.1, 0.15) is 0 Å². The van der Waals surface area contributed by atoms with Gasteiger partial charge in [0.25, 0.3) is 0 Å². The molecule has 23 heavy (non-hydrogen) atoms. The molecule has 5 heteroatoms. The predicted octanol–water partition coefficient (Wildman–Crippen LogP) is 2.70. The highest BCUT2D eigenvalue weighted by Gasteiger charge is 2.15. The van der Waals surface area contributed by atoms with Crippen LogP contribution in [0.2, 0.25) is 0 Å². The minimum absolute atomic E-state index is 0.148. The van der Waals surface area contributed by atoms with Gasteiger partial charge in [-0.3, -0.25) is 0 Å². The Kier molecular flexibility index (Phi) is 9.33. The van der Waals surface area contributed by atoms with Gasteiger partial charge in [0.15, 0.2) is 0 Å². The van der Waals surface area contributed by atoms with Crippen LogP contribution in [0, 0.1) is 5.92 Å². The van der Waals surface area contributed by atoms with E-state index >= 15 is 0 Å². The molecule has 0 aliphatic rings. The van der Waals surface area contributed by atoms with E-state index in [9.17, 15) is 4.79 Å². The van der Waals surface area contributed by atoms with E-state index in [0.717, 1.165) is 6.42 Å². The molecule has 0 heterocycles. The molecule has 3 N–H and O–H groups in total. The van der Waals surface area contributed by atoms with E-state index in [4.69, 9.17) is 4.74 Å². The normalized spacial score (nSPS) is 13.6. The number of benzene rings is 1. The third-order valence-electron chi connectivity index (χ3n) is 3.64. The Bertz CT molecular complexity index is 437. The molecule has 0 radical (unpaired) electrons. The SMILES string of the molecule is COCCNC(=O)NCC(CC(C)C)NC(C)c1ccccc1. The lowest BCUT2D eigenvalue weighted by Crippen LogP contribution is -2.46. The Morgan fingerprint density at radius 2 is 1.83 bits per heavy atom. The quantitative estimate of drug-likeness (QED) is 0.581. The van der Waals surface area contributed by atoms with Crippen molar-refractivity contribution in [3.63, 3.8) is 0 Å². The van der Waals surface area contributed by atoms with E-state index in [1.54, 1.807) is 7.11 Å². The summed E-state index contributed by atoms with van der Waals surface area (Å²) >= 11 is 0. The van der Waals surface area contributed by atoms with Crippen LogP contribution in [-0.4, -0.2) is 38.9 Å². The van der Waals surface area contributed by atoms with Gasteiger partial charge in [0.05, 0.1) is 6.61 Å². The van der Waals surface area contributed by atoms with Crippen molar-refractivity contribution in [1.82, 2.24) is 16.0 Å². The molecular formula is C18H31N3O2. The Hall–Kier alpha value is -1.59. The zero-order chi connectivity index (χ0) is 17.1. The Morgan fingerprint density at radius 1 is 1.13 bits per heavy atom. The van der Waals surface area contributed by atoms with Gasteiger partial charge in [-0.05, 0) is 24.8 Å². The first-order valence-electron chi connectivity index (χ1n) is 8.34. The van der Waals surface area contributed by atoms with Crippen molar-refractivity contribution in [2.75, 3.05) is 26.8 Å². The largest absolute Gasteiger partial charge is 0.383 e. The van der Waals surface area contributed by atoms with Gasteiger partial charge < -0.3 is 20.7 Å². The van der Waals surface area contributed by atoms with Crippen molar-refractivity contribution in [2.24, 2.45) is 5.92 Å². The average Bonchev–Trinajstić information content (AvgIpc) is 2.53. The summed E-state index contributed by atoms with van der Waals surface area (Å²) in [6, 6.07) is 10.7. The minimum atomic E-state index is -0.148. The summed E-state index contributed by atoms with van der Waals surface area (Å²) in [6.07, 6.45) is 1.01. The molecular weight excluding hydrogens is 290 g/mol. The molecule has 0 aliphatic heterocycles. The first-order valence-corrected chi connectivity index (χ1v) is 8.34. The summed E-state index contributed by atoms with van der Waals surface area (Å²) in [6.45, 7) is 8.19. The van der Waals surface area contributed by atoms with Gasteiger partial charge in [-0.2, -0.15) is 0 Å². The number of carbonyl (C=O) groups excluding carboxylic acids is 1. The topological polar surface area (TPSA) is 62.4 Å². The fourth-order valence-corrected chi connectivity index (χ4v) is 2.52. The van der Waals surface area contributed by atoms with E-state index in [0.29, 0.717) is 25.6 Å². The Labute approximate surface area is 140 Å². The summed E-state index contributed by atoms with van der Waals surface area (Å²) in [4.78, 5) is 11.8. The number of urea groups is 1. The van der Waals surface area contributed by atoms with Crippen LogP contribution in [0.4, 0.5) is 4.79 Å². The van der Waals surface area contributed by atoms with Crippen molar-refractivity contribution in [3.05, 3.63) is 35.9 Å². The number of carbonyl (C=O) groups is 1. The maximum Gasteiger partial charge on any atom is 0.314 e. The molecule has 1 aromatic carbocycles. The van der Waals surface area contributed by atoms with Gasteiger partial charge >= 0.3 is 6.03 Å². The number of rotatable bonds is 10. The third kappa shape index (κ3) is 8.57. The van der Waals surface area contributed by atoms with Crippen LogP contribution in [0.25, 0.3) is 0 Å². The number of hydrogen-bond donors (Lipinski definition) is 3. The second-order valence-corrected chi connectivity index (χ2v) is 6.26.